The molecular formula is C14H24N4O2S. The van der Waals surface area contributed by atoms with Gasteiger partial charge in [-0.15, -0.1) is 11.3 Å². The van der Waals surface area contributed by atoms with Gasteiger partial charge >= 0.3 is 11.8 Å². The van der Waals surface area contributed by atoms with Crippen molar-refractivity contribution in [3.63, 3.8) is 0 Å². The lowest BCUT2D eigenvalue weighted by Gasteiger charge is -2.17. The van der Waals surface area contributed by atoms with Crippen LogP contribution in [0.2, 0.25) is 0 Å². The van der Waals surface area contributed by atoms with Crippen LogP contribution in [0.15, 0.2) is 0 Å². The largest absolute Gasteiger partial charge is 0.348 e. The number of hydrogen-bond donors (Lipinski definition) is 2. The first kappa shape index (κ1) is 17.6. The number of anilines is 1. The fourth-order valence-corrected chi connectivity index (χ4v) is 2.61. The van der Waals surface area contributed by atoms with E-state index in [2.05, 4.69) is 34.4 Å². The fourth-order valence-electron chi connectivity index (χ4n) is 1.80. The van der Waals surface area contributed by atoms with Crippen LogP contribution in [0.25, 0.3) is 0 Å². The quantitative estimate of drug-likeness (QED) is 0.592. The van der Waals surface area contributed by atoms with E-state index in [4.69, 9.17) is 0 Å². The molecule has 0 bridgehead atoms. The Morgan fingerprint density at radius 2 is 1.86 bits per heavy atom. The molecule has 1 aromatic rings. The summed E-state index contributed by atoms with van der Waals surface area (Å²) in [6, 6.07) is 0. The average molecular weight is 312 g/mol. The third kappa shape index (κ3) is 5.81. The van der Waals surface area contributed by atoms with E-state index in [-0.39, 0.29) is 0 Å². The molecular weight excluding hydrogens is 288 g/mol. The Morgan fingerprint density at radius 1 is 1.19 bits per heavy atom. The second kappa shape index (κ2) is 8.74. The average Bonchev–Trinajstić information content (AvgIpc) is 2.77. The highest BCUT2D eigenvalue weighted by Gasteiger charge is 2.15. The molecule has 6 nitrogen and oxygen atoms in total. The number of carbonyl (C=O) groups excluding carboxylic acids is 2. The van der Waals surface area contributed by atoms with Crippen LogP contribution in [0.5, 0.6) is 0 Å². The molecule has 0 unspecified atom stereocenters. The van der Waals surface area contributed by atoms with Gasteiger partial charge in [0.2, 0.25) is 0 Å². The number of aryl methyl sites for hydroxylation is 2. The number of amides is 2. The third-order valence-corrected chi connectivity index (χ3v) is 4.27. The van der Waals surface area contributed by atoms with Crippen LogP contribution >= 0.6 is 11.3 Å². The second-order valence-corrected chi connectivity index (χ2v) is 5.95. The van der Waals surface area contributed by atoms with Gasteiger partial charge in [-0.25, -0.2) is 4.98 Å². The number of hydrogen-bond acceptors (Lipinski definition) is 5. The highest BCUT2D eigenvalue weighted by atomic mass is 32.1. The summed E-state index contributed by atoms with van der Waals surface area (Å²) in [5.41, 5.74) is 0.870. The van der Waals surface area contributed by atoms with Crippen molar-refractivity contribution in [3.05, 3.63) is 10.6 Å². The van der Waals surface area contributed by atoms with Crippen molar-refractivity contribution in [2.24, 2.45) is 0 Å². The van der Waals surface area contributed by atoms with E-state index in [0.29, 0.717) is 11.7 Å². The van der Waals surface area contributed by atoms with Gasteiger partial charge in [0.15, 0.2) is 5.13 Å². The molecule has 0 saturated heterocycles. The summed E-state index contributed by atoms with van der Waals surface area (Å²) in [7, 11) is 0. The first-order valence-corrected chi connectivity index (χ1v) is 8.05. The van der Waals surface area contributed by atoms with Crippen molar-refractivity contribution < 1.29 is 9.59 Å². The molecule has 0 aliphatic carbocycles. The van der Waals surface area contributed by atoms with Gasteiger partial charge in [0, 0.05) is 11.4 Å². The van der Waals surface area contributed by atoms with Gasteiger partial charge in [-0.1, -0.05) is 13.8 Å². The Balaban J connectivity index is 2.30. The topological polar surface area (TPSA) is 74.3 Å². The maximum absolute atomic E-state index is 11.7. The SMILES string of the molecule is CCN(CC)CCCNC(=O)C(=O)Nc1nc(C)c(C)s1. The highest BCUT2D eigenvalue weighted by molar-refractivity contribution is 7.15. The van der Waals surface area contributed by atoms with Gasteiger partial charge in [-0.2, -0.15) is 0 Å². The van der Waals surface area contributed by atoms with Gasteiger partial charge in [0.25, 0.3) is 0 Å². The molecule has 1 rings (SSSR count). The van der Waals surface area contributed by atoms with Crippen molar-refractivity contribution in [1.29, 1.82) is 0 Å². The van der Waals surface area contributed by atoms with Gasteiger partial charge in [0.05, 0.1) is 5.69 Å². The van der Waals surface area contributed by atoms with Crippen LogP contribution < -0.4 is 10.6 Å². The molecule has 1 aromatic heterocycles. The monoisotopic (exact) mass is 312 g/mol. The Morgan fingerprint density at radius 3 is 2.38 bits per heavy atom. The molecule has 0 spiro atoms. The maximum Gasteiger partial charge on any atom is 0.315 e. The third-order valence-electron chi connectivity index (χ3n) is 3.29. The highest BCUT2D eigenvalue weighted by Crippen LogP contribution is 2.20. The van der Waals surface area contributed by atoms with E-state index in [1.54, 1.807) is 0 Å². The first-order valence-electron chi connectivity index (χ1n) is 7.23. The number of thiazole rings is 1. The van der Waals surface area contributed by atoms with Crippen molar-refractivity contribution in [1.82, 2.24) is 15.2 Å². The van der Waals surface area contributed by atoms with Gasteiger partial charge < -0.3 is 10.2 Å². The molecule has 2 amide bonds. The summed E-state index contributed by atoms with van der Waals surface area (Å²) < 4.78 is 0. The zero-order valence-electron chi connectivity index (χ0n) is 13.2. The van der Waals surface area contributed by atoms with Gasteiger partial charge in [-0.05, 0) is 39.9 Å². The minimum Gasteiger partial charge on any atom is -0.348 e. The molecule has 0 aliphatic rings. The standard InChI is InChI=1S/C14H24N4O2S/c1-5-18(6-2)9-7-8-15-12(19)13(20)17-14-16-10(3)11(4)21-14/h5-9H2,1-4H3,(H,15,19)(H,16,17,20). The van der Waals surface area contributed by atoms with E-state index < -0.39 is 11.8 Å². The smallest absolute Gasteiger partial charge is 0.315 e. The van der Waals surface area contributed by atoms with Crippen LogP contribution in [0.1, 0.15) is 30.8 Å². The van der Waals surface area contributed by atoms with Crippen molar-refractivity contribution >= 4 is 28.3 Å². The lowest BCUT2D eigenvalue weighted by Crippen LogP contribution is -2.37. The Kier molecular flexibility index (Phi) is 7.31. The summed E-state index contributed by atoms with van der Waals surface area (Å²) in [6.45, 7) is 11.4. The second-order valence-electron chi connectivity index (χ2n) is 4.75. The van der Waals surface area contributed by atoms with Crippen LogP contribution in [0.3, 0.4) is 0 Å². The van der Waals surface area contributed by atoms with Crippen molar-refractivity contribution in [3.8, 4) is 0 Å². The number of rotatable bonds is 7. The fraction of sp³-hybridized carbons (Fsp3) is 0.643. The van der Waals surface area contributed by atoms with E-state index in [9.17, 15) is 9.59 Å². The van der Waals surface area contributed by atoms with Gasteiger partial charge in [0.1, 0.15) is 0 Å². The Hall–Kier alpha value is -1.47. The number of nitrogens with zero attached hydrogens (tertiary/aromatic N) is 2. The molecule has 118 valence electrons. The predicted molar refractivity (Wildman–Crippen MR) is 85.6 cm³/mol. The zero-order chi connectivity index (χ0) is 15.8. The molecule has 0 fully saturated rings. The van der Waals surface area contributed by atoms with Crippen molar-refractivity contribution in [2.45, 2.75) is 34.1 Å². The predicted octanol–water partition coefficient (Wildman–Crippen LogP) is 1.55. The van der Waals surface area contributed by atoms with Crippen LogP contribution in [-0.4, -0.2) is 47.9 Å². The molecule has 0 saturated carbocycles. The normalized spacial score (nSPS) is 10.7. The van der Waals surface area contributed by atoms with E-state index in [1.165, 1.54) is 11.3 Å². The maximum atomic E-state index is 11.7. The zero-order valence-corrected chi connectivity index (χ0v) is 14.0. The van der Waals surface area contributed by atoms with E-state index in [0.717, 1.165) is 36.6 Å². The minimum absolute atomic E-state index is 0.466. The Labute approximate surface area is 129 Å². The molecule has 0 aliphatic heterocycles. The molecule has 0 atom stereocenters. The molecule has 21 heavy (non-hydrogen) atoms. The van der Waals surface area contributed by atoms with Crippen LogP contribution in [0, 0.1) is 13.8 Å². The molecule has 0 aromatic carbocycles. The number of aromatic nitrogens is 1. The summed E-state index contributed by atoms with van der Waals surface area (Å²) in [5, 5.41) is 5.61. The first-order chi connectivity index (χ1) is 9.97. The summed E-state index contributed by atoms with van der Waals surface area (Å²) in [4.78, 5) is 30.8. The number of nitrogens with one attached hydrogen (secondary N) is 2. The molecule has 1 heterocycles. The van der Waals surface area contributed by atoms with Crippen LogP contribution in [-0.2, 0) is 9.59 Å². The van der Waals surface area contributed by atoms with E-state index >= 15 is 0 Å². The lowest BCUT2D eigenvalue weighted by molar-refractivity contribution is -0.136. The lowest BCUT2D eigenvalue weighted by atomic mass is 10.3. The van der Waals surface area contributed by atoms with Crippen molar-refractivity contribution in [2.75, 3.05) is 31.5 Å². The minimum atomic E-state index is -0.661. The summed E-state index contributed by atoms with van der Waals surface area (Å²) in [6.07, 6.45) is 0.830. The summed E-state index contributed by atoms with van der Waals surface area (Å²) in [5.74, 6) is -1.27. The molecule has 0 radical (unpaired) electrons. The van der Waals surface area contributed by atoms with Gasteiger partial charge in [-0.3, -0.25) is 14.9 Å². The number of carbonyl (C=O) groups is 2. The van der Waals surface area contributed by atoms with Crippen LogP contribution in [0.4, 0.5) is 5.13 Å². The molecule has 2 N–H and O–H groups in total. The summed E-state index contributed by atoms with van der Waals surface area (Å²) >= 11 is 1.37. The Bertz CT molecular complexity index is 464. The molecule has 7 heteroatoms. The van der Waals surface area contributed by atoms with E-state index in [1.807, 2.05) is 13.8 Å².